The summed E-state index contributed by atoms with van der Waals surface area (Å²) in [6.07, 6.45) is 7.56. The van der Waals surface area contributed by atoms with Gasteiger partial charge in [0.05, 0.1) is 18.9 Å². The Kier molecular flexibility index (Phi) is 5.41. The second-order valence-electron chi connectivity index (χ2n) is 6.60. The standard InChI is InChI=1S/C20H24N6O/c1-16(18-5-2-3-6-19(18)26-8-4-7-24-26)21-13-17-14-22-20(23-15-17)25-9-11-27-12-10-25/h2-8,14-16,21H,9-13H2,1H3. The fourth-order valence-corrected chi connectivity index (χ4v) is 3.22. The van der Waals surface area contributed by atoms with Crippen molar-refractivity contribution in [1.29, 1.82) is 0 Å². The molecule has 0 saturated carbocycles. The minimum atomic E-state index is 0.171. The number of nitrogens with zero attached hydrogens (tertiary/aromatic N) is 5. The Morgan fingerprint density at radius 1 is 1.11 bits per heavy atom. The van der Waals surface area contributed by atoms with Crippen LogP contribution in [0, 0.1) is 0 Å². The summed E-state index contributed by atoms with van der Waals surface area (Å²) in [6, 6.07) is 10.4. The first-order chi connectivity index (χ1) is 13.3. The van der Waals surface area contributed by atoms with Crippen molar-refractivity contribution >= 4 is 5.95 Å². The smallest absolute Gasteiger partial charge is 0.225 e. The Labute approximate surface area is 159 Å². The quantitative estimate of drug-likeness (QED) is 0.724. The highest BCUT2D eigenvalue weighted by Gasteiger charge is 2.14. The molecular weight excluding hydrogens is 340 g/mol. The number of anilines is 1. The van der Waals surface area contributed by atoms with Gasteiger partial charge in [0.25, 0.3) is 0 Å². The first-order valence-corrected chi connectivity index (χ1v) is 9.27. The van der Waals surface area contributed by atoms with Gasteiger partial charge in [0, 0.05) is 56.0 Å². The number of ether oxygens (including phenoxy) is 1. The molecule has 1 fully saturated rings. The highest BCUT2D eigenvalue weighted by atomic mass is 16.5. The van der Waals surface area contributed by atoms with Gasteiger partial charge in [-0.2, -0.15) is 5.10 Å². The van der Waals surface area contributed by atoms with Crippen LogP contribution < -0.4 is 10.2 Å². The lowest BCUT2D eigenvalue weighted by Crippen LogP contribution is -2.37. The zero-order valence-corrected chi connectivity index (χ0v) is 15.5. The predicted octanol–water partition coefficient (Wildman–Crippen LogP) is 2.35. The first-order valence-electron chi connectivity index (χ1n) is 9.27. The predicted molar refractivity (Wildman–Crippen MR) is 104 cm³/mol. The topological polar surface area (TPSA) is 68.1 Å². The van der Waals surface area contributed by atoms with Crippen LogP contribution in [-0.2, 0) is 11.3 Å². The summed E-state index contributed by atoms with van der Waals surface area (Å²) >= 11 is 0. The molecule has 27 heavy (non-hydrogen) atoms. The molecular formula is C20H24N6O. The van der Waals surface area contributed by atoms with Crippen LogP contribution in [-0.4, -0.2) is 46.1 Å². The van der Waals surface area contributed by atoms with Crippen LogP contribution in [0.5, 0.6) is 0 Å². The molecule has 0 spiro atoms. The Hall–Kier alpha value is -2.77. The van der Waals surface area contributed by atoms with E-state index in [-0.39, 0.29) is 6.04 Å². The maximum absolute atomic E-state index is 5.37. The van der Waals surface area contributed by atoms with Gasteiger partial charge in [-0.25, -0.2) is 14.6 Å². The lowest BCUT2D eigenvalue weighted by Gasteiger charge is -2.26. The van der Waals surface area contributed by atoms with Gasteiger partial charge < -0.3 is 15.0 Å². The van der Waals surface area contributed by atoms with Gasteiger partial charge in [-0.05, 0) is 24.6 Å². The second-order valence-corrected chi connectivity index (χ2v) is 6.60. The molecule has 1 saturated heterocycles. The number of rotatable bonds is 6. The second kappa shape index (κ2) is 8.28. The Balaban J connectivity index is 1.40. The molecule has 7 heteroatoms. The van der Waals surface area contributed by atoms with Gasteiger partial charge in [-0.15, -0.1) is 0 Å². The van der Waals surface area contributed by atoms with E-state index in [0.717, 1.165) is 43.5 Å². The lowest BCUT2D eigenvalue weighted by atomic mass is 10.1. The van der Waals surface area contributed by atoms with Crippen LogP contribution >= 0.6 is 0 Å². The van der Waals surface area contributed by atoms with Gasteiger partial charge in [0.15, 0.2) is 0 Å². The van der Waals surface area contributed by atoms with Crippen molar-refractivity contribution in [3.8, 4) is 5.69 Å². The van der Waals surface area contributed by atoms with E-state index < -0.39 is 0 Å². The van der Waals surface area contributed by atoms with Crippen molar-refractivity contribution in [2.45, 2.75) is 19.5 Å². The van der Waals surface area contributed by atoms with Crippen LogP contribution in [0.2, 0.25) is 0 Å². The van der Waals surface area contributed by atoms with E-state index in [1.165, 1.54) is 5.56 Å². The first kappa shape index (κ1) is 17.6. The Morgan fingerprint density at radius 3 is 2.63 bits per heavy atom. The van der Waals surface area contributed by atoms with Crippen molar-refractivity contribution < 1.29 is 4.74 Å². The van der Waals surface area contributed by atoms with Crippen molar-refractivity contribution in [3.63, 3.8) is 0 Å². The van der Waals surface area contributed by atoms with Gasteiger partial charge >= 0.3 is 0 Å². The van der Waals surface area contributed by atoms with Gasteiger partial charge in [0.1, 0.15) is 0 Å². The molecule has 0 aliphatic carbocycles. The van der Waals surface area contributed by atoms with Crippen LogP contribution in [0.1, 0.15) is 24.1 Å². The van der Waals surface area contributed by atoms with Crippen molar-refractivity contribution in [1.82, 2.24) is 25.1 Å². The van der Waals surface area contributed by atoms with Gasteiger partial charge in [0.2, 0.25) is 5.95 Å². The third-order valence-electron chi connectivity index (χ3n) is 4.75. The number of benzene rings is 1. The summed E-state index contributed by atoms with van der Waals surface area (Å²) in [4.78, 5) is 11.2. The maximum Gasteiger partial charge on any atom is 0.225 e. The molecule has 1 N–H and O–H groups in total. The molecule has 1 aliphatic heterocycles. The number of morpholine rings is 1. The number of nitrogens with one attached hydrogen (secondary N) is 1. The summed E-state index contributed by atoms with van der Waals surface area (Å²) in [7, 11) is 0. The van der Waals surface area contributed by atoms with E-state index >= 15 is 0 Å². The molecule has 3 aromatic rings. The number of hydrogen-bond acceptors (Lipinski definition) is 6. The van der Waals surface area contributed by atoms with Crippen LogP contribution in [0.25, 0.3) is 5.69 Å². The summed E-state index contributed by atoms with van der Waals surface area (Å²) in [6.45, 7) is 6.03. The number of aromatic nitrogens is 4. The van der Waals surface area contributed by atoms with Crippen LogP contribution in [0.4, 0.5) is 5.95 Å². The molecule has 4 rings (SSSR count). The number of para-hydroxylation sites is 1. The van der Waals surface area contributed by atoms with E-state index in [2.05, 4.69) is 50.4 Å². The SMILES string of the molecule is CC(NCc1cnc(N2CCOCC2)nc1)c1ccccc1-n1cccn1. The fourth-order valence-electron chi connectivity index (χ4n) is 3.22. The fraction of sp³-hybridized carbons (Fsp3) is 0.350. The van der Waals surface area contributed by atoms with E-state index in [4.69, 9.17) is 4.74 Å². The third kappa shape index (κ3) is 4.15. The molecule has 1 unspecified atom stereocenters. The minimum absolute atomic E-state index is 0.171. The highest BCUT2D eigenvalue weighted by molar-refractivity contribution is 5.42. The van der Waals surface area contributed by atoms with Gasteiger partial charge in [-0.3, -0.25) is 0 Å². The molecule has 2 aromatic heterocycles. The molecule has 0 radical (unpaired) electrons. The molecule has 0 amide bonds. The summed E-state index contributed by atoms with van der Waals surface area (Å²) in [5, 5.41) is 7.92. The zero-order chi connectivity index (χ0) is 18.5. The van der Waals surface area contributed by atoms with Crippen molar-refractivity contribution in [3.05, 3.63) is 66.2 Å². The highest BCUT2D eigenvalue weighted by Crippen LogP contribution is 2.21. The maximum atomic E-state index is 5.37. The average Bonchev–Trinajstić information content (AvgIpc) is 3.28. The van der Waals surface area contributed by atoms with E-state index in [1.807, 2.05) is 35.4 Å². The Bertz CT molecular complexity index is 843. The summed E-state index contributed by atoms with van der Waals surface area (Å²) in [5.74, 6) is 0.777. The molecule has 3 heterocycles. The van der Waals surface area contributed by atoms with E-state index in [0.29, 0.717) is 6.54 Å². The average molecular weight is 364 g/mol. The minimum Gasteiger partial charge on any atom is -0.378 e. The Morgan fingerprint density at radius 2 is 1.89 bits per heavy atom. The van der Waals surface area contributed by atoms with Crippen molar-refractivity contribution in [2.24, 2.45) is 0 Å². The lowest BCUT2D eigenvalue weighted by molar-refractivity contribution is 0.122. The van der Waals surface area contributed by atoms with Gasteiger partial charge in [-0.1, -0.05) is 18.2 Å². The summed E-state index contributed by atoms with van der Waals surface area (Å²) < 4.78 is 7.27. The van der Waals surface area contributed by atoms with E-state index in [1.54, 1.807) is 6.20 Å². The molecule has 1 atom stereocenters. The molecule has 1 aromatic carbocycles. The largest absolute Gasteiger partial charge is 0.378 e. The van der Waals surface area contributed by atoms with E-state index in [9.17, 15) is 0 Å². The monoisotopic (exact) mass is 364 g/mol. The molecule has 140 valence electrons. The molecule has 7 nitrogen and oxygen atoms in total. The summed E-state index contributed by atoms with van der Waals surface area (Å²) in [5.41, 5.74) is 3.35. The third-order valence-corrected chi connectivity index (χ3v) is 4.75. The van der Waals surface area contributed by atoms with Crippen molar-refractivity contribution in [2.75, 3.05) is 31.2 Å². The van der Waals surface area contributed by atoms with Crippen LogP contribution in [0.3, 0.4) is 0 Å². The number of hydrogen-bond donors (Lipinski definition) is 1. The normalized spacial score (nSPS) is 15.7. The molecule has 0 bridgehead atoms. The van der Waals surface area contributed by atoms with Crippen LogP contribution in [0.15, 0.2) is 55.1 Å². The zero-order valence-electron chi connectivity index (χ0n) is 15.5. The molecule has 1 aliphatic rings.